The van der Waals surface area contributed by atoms with Crippen molar-refractivity contribution in [3.63, 3.8) is 0 Å². The van der Waals surface area contributed by atoms with Crippen LogP contribution in [0.15, 0.2) is 54.6 Å². The minimum atomic E-state index is -0.190. The molecule has 1 amide bonds. The van der Waals surface area contributed by atoms with Gasteiger partial charge in [-0.2, -0.15) is 0 Å². The molecule has 6 nitrogen and oxygen atoms in total. The highest BCUT2D eigenvalue weighted by Crippen LogP contribution is 2.29. The number of nitrogens with one attached hydrogen (secondary N) is 1. The monoisotopic (exact) mass is 423 g/mol. The molecule has 0 aliphatic carbocycles. The summed E-state index contributed by atoms with van der Waals surface area (Å²) in [6.45, 7) is 3.11. The van der Waals surface area contributed by atoms with Gasteiger partial charge in [-0.3, -0.25) is 15.0 Å². The van der Waals surface area contributed by atoms with E-state index in [4.69, 9.17) is 9.47 Å². The van der Waals surface area contributed by atoms with Crippen LogP contribution in [-0.4, -0.2) is 36.1 Å². The predicted octanol–water partition coefficient (Wildman–Crippen LogP) is 3.87. The topological polar surface area (TPSA) is 63.7 Å². The van der Waals surface area contributed by atoms with Crippen LogP contribution in [0.2, 0.25) is 0 Å². The summed E-state index contributed by atoms with van der Waals surface area (Å²) in [4.78, 5) is 20.5. The second kappa shape index (κ2) is 9.84. The van der Waals surface area contributed by atoms with E-state index in [1.165, 1.54) is 10.4 Å². The molecule has 1 aliphatic heterocycles. The van der Waals surface area contributed by atoms with Crippen molar-refractivity contribution < 1.29 is 14.3 Å². The van der Waals surface area contributed by atoms with E-state index >= 15 is 0 Å². The number of hydrogen-bond acceptors (Lipinski definition) is 6. The van der Waals surface area contributed by atoms with Crippen molar-refractivity contribution in [3.05, 3.63) is 76.3 Å². The lowest BCUT2D eigenvalue weighted by Crippen LogP contribution is -2.29. The highest BCUT2D eigenvalue weighted by atomic mass is 32.1. The number of carbonyl (C=O) groups is 1. The molecule has 0 radical (unpaired) electrons. The highest BCUT2D eigenvalue weighted by Gasteiger charge is 2.21. The van der Waals surface area contributed by atoms with Crippen molar-refractivity contribution in [1.82, 2.24) is 9.88 Å². The summed E-state index contributed by atoms with van der Waals surface area (Å²) >= 11 is 1.56. The van der Waals surface area contributed by atoms with Crippen LogP contribution in [0.3, 0.4) is 0 Å². The van der Waals surface area contributed by atoms with Gasteiger partial charge in [0.1, 0.15) is 12.4 Å². The van der Waals surface area contributed by atoms with Gasteiger partial charge < -0.3 is 9.47 Å². The summed E-state index contributed by atoms with van der Waals surface area (Å²) in [5.41, 5.74) is 3.37. The van der Waals surface area contributed by atoms with Gasteiger partial charge >= 0.3 is 0 Å². The molecule has 1 aliphatic rings. The Kier molecular flexibility index (Phi) is 6.74. The average molecular weight is 424 g/mol. The van der Waals surface area contributed by atoms with E-state index in [9.17, 15) is 4.79 Å². The standard InChI is InChI=1S/C23H25N3O3S/c1-28-19-9-5-8-18(12-19)15-29-16-22(27)25-23-24-20-10-11-26(14-21(20)30-23)13-17-6-3-2-4-7-17/h2-9,12H,10-11,13-16H2,1H3,(H,24,25,27). The van der Waals surface area contributed by atoms with Gasteiger partial charge in [0.2, 0.25) is 0 Å². The molecule has 7 heteroatoms. The van der Waals surface area contributed by atoms with Gasteiger partial charge in [0.05, 0.1) is 19.4 Å². The number of aromatic nitrogens is 1. The number of hydrogen-bond donors (Lipinski definition) is 1. The number of fused-ring (bicyclic) bond motifs is 1. The first-order valence-corrected chi connectivity index (χ1v) is 10.8. The number of nitrogens with zero attached hydrogens (tertiary/aromatic N) is 2. The first-order chi connectivity index (χ1) is 14.7. The van der Waals surface area contributed by atoms with Crippen LogP contribution < -0.4 is 10.1 Å². The summed E-state index contributed by atoms with van der Waals surface area (Å²) in [5, 5.41) is 3.52. The van der Waals surface area contributed by atoms with Crippen LogP contribution >= 0.6 is 11.3 Å². The third-order valence-corrected chi connectivity index (χ3v) is 5.94. The summed E-state index contributed by atoms with van der Waals surface area (Å²) in [5.74, 6) is 0.584. The van der Waals surface area contributed by atoms with E-state index in [0.29, 0.717) is 11.7 Å². The van der Waals surface area contributed by atoms with Crippen molar-refractivity contribution in [2.75, 3.05) is 25.6 Å². The van der Waals surface area contributed by atoms with Crippen molar-refractivity contribution in [2.24, 2.45) is 0 Å². The second-order valence-corrected chi connectivity index (χ2v) is 8.31. The fourth-order valence-electron chi connectivity index (χ4n) is 3.46. The number of anilines is 1. The van der Waals surface area contributed by atoms with Crippen LogP contribution in [0.4, 0.5) is 5.13 Å². The number of benzene rings is 2. The van der Waals surface area contributed by atoms with Gasteiger partial charge in [0, 0.05) is 30.9 Å². The molecule has 156 valence electrons. The average Bonchev–Trinajstić information content (AvgIpc) is 3.16. The fraction of sp³-hybridized carbons (Fsp3) is 0.304. The van der Waals surface area contributed by atoms with Crippen molar-refractivity contribution in [3.8, 4) is 5.75 Å². The molecule has 2 aromatic carbocycles. The second-order valence-electron chi connectivity index (χ2n) is 7.23. The Labute approximate surface area is 180 Å². The van der Waals surface area contributed by atoms with Gasteiger partial charge in [-0.25, -0.2) is 4.98 Å². The van der Waals surface area contributed by atoms with E-state index in [2.05, 4.69) is 39.5 Å². The van der Waals surface area contributed by atoms with Crippen LogP contribution in [0.5, 0.6) is 5.75 Å². The Morgan fingerprint density at radius 2 is 2.00 bits per heavy atom. The van der Waals surface area contributed by atoms with Crippen molar-refractivity contribution in [1.29, 1.82) is 0 Å². The fourth-order valence-corrected chi connectivity index (χ4v) is 4.52. The van der Waals surface area contributed by atoms with Gasteiger partial charge in [0.25, 0.3) is 5.91 Å². The number of rotatable bonds is 8. The molecule has 0 fully saturated rings. The predicted molar refractivity (Wildman–Crippen MR) is 118 cm³/mol. The molecular formula is C23H25N3O3S. The van der Waals surface area contributed by atoms with Crippen LogP contribution in [0, 0.1) is 0 Å². The molecular weight excluding hydrogens is 398 g/mol. The van der Waals surface area contributed by atoms with Gasteiger partial charge in [-0.1, -0.05) is 42.5 Å². The minimum Gasteiger partial charge on any atom is -0.497 e. The SMILES string of the molecule is COc1cccc(COCC(=O)Nc2nc3c(s2)CN(Cc2ccccc2)CC3)c1. The number of amides is 1. The van der Waals surface area contributed by atoms with Gasteiger partial charge in [0.15, 0.2) is 5.13 Å². The largest absolute Gasteiger partial charge is 0.497 e. The Bertz CT molecular complexity index is 990. The highest BCUT2D eigenvalue weighted by molar-refractivity contribution is 7.15. The molecule has 2 heterocycles. The zero-order valence-electron chi connectivity index (χ0n) is 17.0. The maximum atomic E-state index is 12.2. The van der Waals surface area contributed by atoms with E-state index in [1.54, 1.807) is 18.4 Å². The van der Waals surface area contributed by atoms with E-state index < -0.39 is 0 Å². The number of ether oxygens (including phenoxy) is 2. The first kappa shape index (κ1) is 20.5. The van der Waals surface area contributed by atoms with Gasteiger partial charge in [-0.05, 0) is 23.3 Å². The summed E-state index contributed by atoms with van der Waals surface area (Å²) in [7, 11) is 1.63. The zero-order chi connectivity index (χ0) is 20.8. The zero-order valence-corrected chi connectivity index (χ0v) is 17.8. The van der Waals surface area contributed by atoms with E-state index in [1.807, 2.05) is 30.3 Å². The lowest BCUT2D eigenvalue weighted by atomic mass is 10.1. The Morgan fingerprint density at radius 3 is 2.83 bits per heavy atom. The first-order valence-electron chi connectivity index (χ1n) is 9.95. The Hall–Kier alpha value is -2.74. The van der Waals surface area contributed by atoms with E-state index in [-0.39, 0.29) is 12.5 Å². The lowest BCUT2D eigenvalue weighted by molar-refractivity contribution is -0.121. The Morgan fingerprint density at radius 1 is 1.17 bits per heavy atom. The summed E-state index contributed by atoms with van der Waals surface area (Å²) < 4.78 is 10.7. The van der Waals surface area contributed by atoms with Crippen LogP contribution in [0.1, 0.15) is 21.7 Å². The lowest BCUT2D eigenvalue weighted by Gasteiger charge is -2.25. The Balaban J connectivity index is 1.26. The summed E-state index contributed by atoms with van der Waals surface area (Å²) in [6, 6.07) is 18.1. The van der Waals surface area contributed by atoms with E-state index in [0.717, 1.165) is 43.1 Å². The molecule has 0 saturated heterocycles. The maximum Gasteiger partial charge on any atom is 0.252 e. The minimum absolute atomic E-state index is 0.0123. The number of thiazole rings is 1. The molecule has 0 atom stereocenters. The molecule has 0 unspecified atom stereocenters. The van der Waals surface area contributed by atoms with Crippen LogP contribution in [0.25, 0.3) is 0 Å². The maximum absolute atomic E-state index is 12.2. The summed E-state index contributed by atoms with van der Waals surface area (Å²) in [6.07, 6.45) is 0.904. The normalized spacial score (nSPS) is 13.6. The third kappa shape index (κ3) is 5.44. The van der Waals surface area contributed by atoms with Crippen LogP contribution in [-0.2, 0) is 35.6 Å². The molecule has 1 N–H and O–H groups in total. The quantitative estimate of drug-likeness (QED) is 0.596. The molecule has 1 aromatic heterocycles. The molecule has 30 heavy (non-hydrogen) atoms. The molecule has 4 rings (SSSR count). The molecule has 0 spiro atoms. The molecule has 3 aromatic rings. The number of carbonyl (C=O) groups excluding carboxylic acids is 1. The van der Waals surface area contributed by atoms with Crippen molar-refractivity contribution >= 4 is 22.4 Å². The third-order valence-electron chi connectivity index (χ3n) is 4.94. The number of methoxy groups -OCH3 is 1. The molecule has 0 bridgehead atoms. The van der Waals surface area contributed by atoms with Gasteiger partial charge in [-0.15, -0.1) is 11.3 Å². The smallest absolute Gasteiger partial charge is 0.252 e. The van der Waals surface area contributed by atoms with Crippen molar-refractivity contribution in [2.45, 2.75) is 26.1 Å². The molecule has 0 saturated carbocycles.